The Morgan fingerprint density at radius 2 is 1.38 bits per heavy atom. The number of rotatable bonds is 9. The number of hydrogen-bond donors (Lipinski definition) is 10. The molecule has 64 heavy (non-hydrogen) atoms. The zero-order valence-corrected chi connectivity index (χ0v) is 38.5. The second kappa shape index (κ2) is 17.2. The van der Waals surface area contributed by atoms with E-state index in [-0.39, 0.29) is 52.6 Å². The smallest absolute Gasteiger partial charge is 0.310 e. The number of carboxylic acid groups (broad SMARTS) is 1. The van der Waals surface area contributed by atoms with Gasteiger partial charge in [-0.2, -0.15) is 0 Å². The largest absolute Gasteiger partial charge is 0.481 e. The van der Waals surface area contributed by atoms with Crippen molar-refractivity contribution < 1.29 is 84.3 Å². The standard InChI is InChI=1S/C47H76O17/c1-22-30(50)32(52)34(54)39(60-22)64-37-26(62-40-35(55)33(53)31(51)25(19-48)61-40)20-59-38(36(37)56)63-29-11-12-43(4)27(44(29,5)21-49)10-13-46(7)28(43)9-8-23-24-18-42(2,3)14-16-47(24,41(57)58)17-15-45(23,46)6/h8,22,24-40,48-56H,9-21H2,1-7H3,(H,57,58)/t22-,24+,25+,26-,27+,28+,29-,30-,31+,32-,33-,34+,35-,36+,37-,38-,39-,40+,43-,44-,45+,46+,47-/m0/s1. The van der Waals surface area contributed by atoms with Crippen LogP contribution in [0.3, 0.4) is 0 Å². The molecule has 8 aliphatic rings. The third-order valence-electron chi connectivity index (χ3n) is 19.1. The lowest BCUT2D eigenvalue weighted by Gasteiger charge is -2.71. The zero-order chi connectivity index (χ0) is 46.7. The summed E-state index contributed by atoms with van der Waals surface area (Å²) in [6.07, 6.45) is -11.7. The van der Waals surface area contributed by atoms with Crippen molar-refractivity contribution in [2.45, 2.75) is 205 Å². The van der Waals surface area contributed by atoms with Gasteiger partial charge in [-0.3, -0.25) is 4.79 Å². The van der Waals surface area contributed by atoms with Crippen LogP contribution in [-0.2, 0) is 33.2 Å². The van der Waals surface area contributed by atoms with Crippen LogP contribution in [0.5, 0.6) is 0 Å². The minimum Gasteiger partial charge on any atom is -0.481 e. The SMILES string of the molecule is C[C@@H]1O[C@@H](O[C@@H]2[C@@H](O)[C@H](O[C@H]3CC[C@@]4(C)[C@@H](CC[C@]5(C)[C@@H]4CC=C4[C@H]6CC(C)(C)CC[C@]6(C(=O)O)CC[C@]45C)[C@]3(C)CO)OC[C@@H]2O[C@H]2O[C@H](CO)[C@@H](O)[C@H](O)[C@@H]2O)[C@H](O)[C@@H](O)[C@H]1O. The second-order valence-corrected chi connectivity index (χ2v) is 22.9. The van der Waals surface area contributed by atoms with E-state index in [4.69, 9.17) is 28.4 Å². The number of aliphatic carboxylic acids is 1. The molecule has 0 radical (unpaired) electrons. The number of carboxylic acids is 1. The van der Waals surface area contributed by atoms with E-state index in [9.17, 15) is 55.9 Å². The average molecular weight is 913 g/mol. The number of aliphatic hydroxyl groups excluding tert-OH is 9. The van der Waals surface area contributed by atoms with Gasteiger partial charge in [-0.05, 0) is 111 Å². The summed E-state index contributed by atoms with van der Waals surface area (Å²) in [5.41, 5.74) is -0.648. The summed E-state index contributed by atoms with van der Waals surface area (Å²) in [5, 5.41) is 108. The van der Waals surface area contributed by atoms with Gasteiger partial charge in [-0.15, -0.1) is 0 Å². The van der Waals surface area contributed by atoms with Crippen LogP contribution in [0, 0.1) is 50.2 Å². The Morgan fingerprint density at radius 1 is 0.719 bits per heavy atom. The molecule has 17 nitrogen and oxygen atoms in total. The lowest BCUT2D eigenvalue weighted by atomic mass is 9.33. The van der Waals surface area contributed by atoms with Crippen LogP contribution in [0.1, 0.15) is 113 Å². The molecule has 8 rings (SSSR count). The third kappa shape index (κ3) is 7.49. The lowest BCUT2D eigenvalue weighted by Crippen LogP contribution is -2.67. The van der Waals surface area contributed by atoms with Gasteiger partial charge in [0.15, 0.2) is 18.9 Å². The molecule has 366 valence electrons. The van der Waals surface area contributed by atoms with Gasteiger partial charge < -0.3 is 79.5 Å². The monoisotopic (exact) mass is 913 g/mol. The number of allylic oxidation sites excluding steroid dienone is 2. The molecular weight excluding hydrogens is 837 g/mol. The molecular formula is C47H76O17. The highest BCUT2D eigenvalue weighted by Gasteiger charge is 2.70. The molecule has 3 saturated heterocycles. The summed E-state index contributed by atoms with van der Waals surface area (Å²) in [6.45, 7) is 14.0. The molecule has 0 unspecified atom stereocenters. The highest BCUT2D eigenvalue weighted by molar-refractivity contribution is 5.76. The Balaban J connectivity index is 1.04. The van der Waals surface area contributed by atoms with E-state index in [1.54, 1.807) is 0 Å². The van der Waals surface area contributed by atoms with Gasteiger partial charge in [0.25, 0.3) is 0 Å². The van der Waals surface area contributed by atoms with Crippen molar-refractivity contribution in [3.05, 3.63) is 11.6 Å². The number of aliphatic hydroxyl groups is 9. The van der Waals surface area contributed by atoms with E-state index in [1.165, 1.54) is 12.5 Å². The highest BCUT2D eigenvalue weighted by Crippen LogP contribution is 2.76. The van der Waals surface area contributed by atoms with Crippen LogP contribution in [0.2, 0.25) is 0 Å². The number of ether oxygens (including phenoxy) is 6. The average Bonchev–Trinajstić information content (AvgIpc) is 3.24. The third-order valence-corrected chi connectivity index (χ3v) is 19.1. The predicted octanol–water partition coefficient (Wildman–Crippen LogP) is 1.35. The maximum Gasteiger partial charge on any atom is 0.310 e. The fraction of sp³-hybridized carbons (Fsp3) is 0.936. The molecule has 0 aromatic carbocycles. The van der Waals surface area contributed by atoms with E-state index in [0.717, 1.165) is 44.9 Å². The van der Waals surface area contributed by atoms with Gasteiger partial charge in [-0.25, -0.2) is 0 Å². The first-order valence-electron chi connectivity index (χ1n) is 23.7. The summed E-state index contributed by atoms with van der Waals surface area (Å²) in [6, 6.07) is 0. The molecule has 3 heterocycles. The Kier molecular flexibility index (Phi) is 13.2. The first-order chi connectivity index (χ1) is 29.9. The molecule has 23 atom stereocenters. The van der Waals surface area contributed by atoms with E-state index >= 15 is 0 Å². The first kappa shape index (κ1) is 49.0. The van der Waals surface area contributed by atoms with Gasteiger partial charge in [0, 0.05) is 5.41 Å². The van der Waals surface area contributed by atoms with Crippen molar-refractivity contribution in [1.29, 1.82) is 0 Å². The van der Waals surface area contributed by atoms with E-state index < -0.39 is 116 Å². The van der Waals surface area contributed by atoms with Crippen LogP contribution in [0.15, 0.2) is 11.6 Å². The van der Waals surface area contributed by atoms with E-state index in [1.807, 2.05) is 6.92 Å². The zero-order valence-electron chi connectivity index (χ0n) is 38.5. The van der Waals surface area contributed by atoms with Gasteiger partial charge in [0.05, 0.1) is 37.4 Å². The Bertz CT molecular complexity index is 1750. The Hall–Kier alpha value is -1.39. The summed E-state index contributed by atoms with van der Waals surface area (Å²) < 4.78 is 36.4. The molecule has 0 aromatic heterocycles. The fourth-order valence-corrected chi connectivity index (χ4v) is 14.8. The van der Waals surface area contributed by atoms with Gasteiger partial charge >= 0.3 is 5.97 Å². The maximum absolute atomic E-state index is 13.1. The number of carbonyl (C=O) groups is 1. The van der Waals surface area contributed by atoms with Crippen molar-refractivity contribution in [1.82, 2.24) is 0 Å². The van der Waals surface area contributed by atoms with Crippen LogP contribution >= 0.6 is 0 Å². The molecule has 7 fully saturated rings. The Morgan fingerprint density at radius 3 is 2.03 bits per heavy atom. The molecule has 0 amide bonds. The summed E-state index contributed by atoms with van der Waals surface area (Å²) in [4.78, 5) is 13.1. The quantitative estimate of drug-likeness (QED) is 0.116. The maximum atomic E-state index is 13.1. The normalized spacial score (nSPS) is 55.0. The first-order valence-corrected chi connectivity index (χ1v) is 23.7. The lowest BCUT2D eigenvalue weighted by molar-refractivity contribution is -0.379. The summed E-state index contributed by atoms with van der Waals surface area (Å²) in [7, 11) is 0. The number of hydrogen-bond acceptors (Lipinski definition) is 16. The molecule has 0 bridgehead atoms. The fourth-order valence-electron chi connectivity index (χ4n) is 14.8. The van der Waals surface area contributed by atoms with Crippen molar-refractivity contribution >= 4 is 5.97 Å². The molecule has 17 heteroatoms. The van der Waals surface area contributed by atoms with E-state index in [2.05, 4.69) is 40.7 Å². The van der Waals surface area contributed by atoms with Crippen molar-refractivity contribution in [2.75, 3.05) is 19.8 Å². The summed E-state index contributed by atoms with van der Waals surface area (Å²) >= 11 is 0. The molecule has 3 aliphatic heterocycles. The molecule has 10 N–H and O–H groups in total. The van der Waals surface area contributed by atoms with Crippen molar-refractivity contribution in [3.63, 3.8) is 0 Å². The molecule has 4 saturated carbocycles. The minimum absolute atomic E-state index is 0.00549. The summed E-state index contributed by atoms with van der Waals surface area (Å²) in [5.74, 6) is -0.412. The second-order valence-electron chi connectivity index (χ2n) is 22.9. The molecule has 0 aromatic rings. The Labute approximate surface area is 376 Å². The van der Waals surface area contributed by atoms with Crippen LogP contribution < -0.4 is 0 Å². The van der Waals surface area contributed by atoms with Crippen molar-refractivity contribution in [2.24, 2.45) is 50.2 Å². The van der Waals surface area contributed by atoms with Gasteiger partial charge in [0.1, 0.15) is 61.0 Å². The van der Waals surface area contributed by atoms with Crippen LogP contribution in [0.4, 0.5) is 0 Å². The van der Waals surface area contributed by atoms with Crippen molar-refractivity contribution in [3.8, 4) is 0 Å². The highest BCUT2D eigenvalue weighted by atomic mass is 16.8. The topological polar surface area (TPSA) is 275 Å². The van der Waals surface area contributed by atoms with Crippen LogP contribution in [-0.4, -0.2) is 169 Å². The number of fused-ring (bicyclic) bond motifs is 7. The van der Waals surface area contributed by atoms with E-state index in [0.29, 0.717) is 19.3 Å². The van der Waals surface area contributed by atoms with Gasteiger partial charge in [0.2, 0.25) is 0 Å². The van der Waals surface area contributed by atoms with Gasteiger partial charge in [-0.1, -0.05) is 53.2 Å². The van der Waals surface area contributed by atoms with Crippen LogP contribution in [0.25, 0.3) is 0 Å². The molecule has 5 aliphatic carbocycles. The molecule has 0 spiro atoms. The predicted molar refractivity (Wildman–Crippen MR) is 225 cm³/mol. The minimum atomic E-state index is -1.79.